The van der Waals surface area contributed by atoms with E-state index in [0.29, 0.717) is 12.0 Å². The summed E-state index contributed by atoms with van der Waals surface area (Å²) in [6.45, 7) is 1.47. The Balaban J connectivity index is 2.06. The van der Waals surface area contributed by atoms with Gasteiger partial charge in [-0.05, 0) is 43.9 Å². The molecular formula is C23H32N4O9. The number of benzene rings is 1. The highest BCUT2D eigenvalue weighted by atomic mass is 16.4. The van der Waals surface area contributed by atoms with Crippen LogP contribution in [-0.2, 0) is 30.4 Å². The first-order valence-corrected chi connectivity index (χ1v) is 11.5. The fraction of sp³-hybridized carbons (Fsp3) is 0.522. The highest BCUT2D eigenvalue weighted by Gasteiger charge is 2.38. The summed E-state index contributed by atoms with van der Waals surface area (Å²) in [5.74, 6) is -4.70. The third-order valence-corrected chi connectivity index (χ3v) is 5.88. The Labute approximate surface area is 207 Å². The van der Waals surface area contributed by atoms with Crippen molar-refractivity contribution in [2.45, 2.75) is 69.3 Å². The number of aliphatic hydroxyl groups excluding tert-OH is 1. The minimum atomic E-state index is -1.50. The van der Waals surface area contributed by atoms with Gasteiger partial charge in [0.2, 0.25) is 17.7 Å². The van der Waals surface area contributed by atoms with Crippen molar-refractivity contribution in [3.8, 4) is 5.75 Å². The summed E-state index contributed by atoms with van der Waals surface area (Å²) >= 11 is 0. The lowest BCUT2D eigenvalue weighted by Crippen LogP contribution is -2.59. The SMILES string of the molecule is CC(O)C(NC(=O)C1CCCN1C(=O)C(N)CCC(=O)O)C(=O)NC(Cc1ccc(O)cc1)C(=O)O. The summed E-state index contributed by atoms with van der Waals surface area (Å²) in [5.41, 5.74) is 6.33. The molecule has 5 atom stereocenters. The number of likely N-dealkylation sites (tertiary alicyclic amines) is 1. The molecule has 1 aromatic rings. The van der Waals surface area contributed by atoms with Crippen molar-refractivity contribution in [1.29, 1.82) is 0 Å². The highest BCUT2D eigenvalue weighted by Crippen LogP contribution is 2.20. The Kier molecular flexibility index (Phi) is 10.2. The van der Waals surface area contributed by atoms with E-state index in [1.54, 1.807) is 0 Å². The van der Waals surface area contributed by atoms with Crippen LogP contribution in [0.4, 0.5) is 0 Å². The van der Waals surface area contributed by atoms with Crippen LogP contribution in [0.1, 0.15) is 38.2 Å². The molecule has 1 aromatic carbocycles. The van der Waals surface area contributed by atoms with E-state index < -0.39 is 59.9 Å². The molecule has 3 amide bonds. The molecule has 1 heterocycles. The molecule has 5 unspecified atom stereocenters. The van der Waals surface area contributed by atoms with Crippen LogP contribution in [0.5, 0.6) is 5.75 Å². The van der Waals surface area contributed by atoms with Crippen LogP contribution in [0.25, 0.3) is 0 Å². The molecule has 198 valence electrons. The lowest BCUT2D eigenvalue weighted by molar-refractivity contribution is -0.144. The van der Waals surface area contributed by atoms with Crippen molar-refractivity contribution in [3.63, 3.8) is 0 Å². The van der Waals surface area contributed by atoms with Gasteiger partial charge in [-0.2, -0.15) is 0 Å². The van der Waals surface area contributed by atoms with Gasteiger partial charge in [0, 0.05) is 19.4 Å². The van der Waals surface area contributed by atoms with E-state index in [-0.39, 0.29) is 38.0 Å². The molecule has 13 nitrogen and oxygen atoms in total. The number of aromatic hydroxyl groups is 1. The molecule has 0 saturated carbocycles. The van der Waals surface area contributed by atoms with Crippen molar-refractivity contribution in [3.05, 3.63) is 29.8 Å². The second-order valence-electron chi connectivity index (χ2n) is 8.73. The zero-order chi connectivity index (χ0) is 27.0. The van der Waals surface area contributed by atoms with Crippen LogP contribution < -0.4 is 16.4 Å². The highest BCUT2D eigenvalue weighted by molar-refractivity contribution is 5.94. The van der Waals surface area contributed by atoms with Gasteiger partial charge in [-0.3, -0.25) is 19.2 Å². The quantitative estimate of drug-likeness (QED) is 0.174. The predicted molar refractivity (Wildman–Crippen MR) is 125 cm³/mol. The lowest BCUT2D eigenvalue weighted by atomic mass is 10.0. The van der Waals surface area contributed by atoms with Crippen LogP contribution in [0.15, 0.2) is 24.3 Å². The van der Waals surface area contributed by atoms with Gasteiger partial charge in [0.05, 0.1) is 12.1 Å². The summed E-state index contributed by atoms with van der Waals surface area (Å²) in [6, 6.07) is 0.774. The zero-order valence-electron chi connectivity index (χ0n) is 19.8. The third kappa shape index (κ3) is 7.92. The Bertz CT molecular complexity index is 967. The molecule has 0 bridgehead atoms. The van der Waals surface area contributed by atoms with Gasteiger partial charge in [0.15, 0.2) is 0 Å². The maximum Gasteiger partial charge on any atom is 0.326 e. The minimum absolute atomic E-state index is 0.00572. The van der Waals surface area contributed by atoms with Crippen LogP contribution in [0.3, 0.4) is 0 Å². The number of nitrogens with one attached hydrogen (secondary N) is 2. The first-order chi connectivity index (χ1) is 16.9. The number of phenolic OH excluding ortho intramolecular Hbond substituents is 1. The van der Waals surface area contributed by atoms with E-state index in [4.69, 9.17) is 10.8 Å². The van der Waals surface area contributed by atoms with Gasteiger partial charge in [-0.25, -0.2) is 4.79 Å². The number of carbonyl (C=O) groups is 5. The maximum absolute atomic E-state index is 12.9. The summed E-state index contributed by atoms with van der Waals surface area (Å²) < 4.78 is 0. The molecule has 0 aromatic heterocycles. The number of phenols is 1. The van der Waals surface area contributed by atoms with E-state index in [1.807, 2.05) is 0 Å². The first kappa shape index (κ1) is 28.5. The van der Waals surface area contributed by atoms with Crippen molar-refractivity contribution in [1.82, 2.24) is 15.5 Å². The smallest absolute Gasteiger partial charge is 0.326 e. The second-order valence-corrected chi connectivity index (χ2v) is 8.73. The number of nitrogens with zero attached hydrogens (tertiary/aromatic N) is 1. The zero-order valence-corrected chi connectivity index (χ0v) is 19.8. The number of carbonyl (C=O) groups excluding carboxylic acids is 3. The van der Waals surface area contributed by atoms with Crippen LogP contribution >= 0.6 is 0 Å². The van der Waals surface area contributed by atoms with E-state index in [2.05, 4.69) is 10.6 Å². The largest absolute Gasteiger partial charge is 0.508 e. The predicted octanol–water partition coefficient (Wildman–Crippen LogP) is -1.45. The molecule has 8 N–H and O–H groups in total. The molecule has 13 heteroatoms. The topological polar surface area (TPSA) is 220 Å². The van der Waals surface area contributed by atoms with Crippen LogP contribution in [0, 0.1) is 0 Å². The van der Waals surface area contributed by atoms with Gasteiger partial charge in [-0.1, -0.05) is 12.1 Å². The van der Waals surface area contributed by atoms with Crippen molar-refractivity contribution < 1.29 is 44.4 Å². The number of carboxylic acid groups (broad SMARTS) is 2. The Morgan fingerprint density at radius 3 is 2.31 bits per heavy atom. The summed E-state index contributed by atoms with van der Waals surface area (Å²) in [4.78, 5) is 62.1. The minimum Gasteiger partial charge on any atom is -0.508 e. The normalized spacial score (nSPS) is 18.5. The molecule has 0 spiro atoms. The monoisotopic (exact) mass is 508 g/mol. The van der Waals surface area contributed by atoms with E-state index in [1.165, 1.54) is 36.1 Å². The van der Waals surface area contributed by atoms with Crippen molar-refractivity contribution in [2.24, 2.45) is 5.73 Å². The standard InChI is InChI=1S/C23H32N4O9/c1-12(28)19(21(33)25-16(23(35)36)11-13-4-6-14(29)7-5-13)26-20(32)17-3-2-10-27(17)22(34)15(24)8-9-18(30)31/h4-7,12,15-17,19,28-29H,2-3,8-11,24H2,1H3,(H,25,33)(H,26,32)(H,30,31)(H,35,36). The van der Waals surface area contributed by atoms with Crippen LogP contribution in [0.2, 0.25) is 0 Å². The first-order valence-electron chi connectivity index (χ1n) is 11.5. The maximum atomic E-state index is 12.9. The molecule has 1 saturated heterocycles. The number of aliphatic hydroxyl groups is 1. The van der Waals surface area contributed by atoms with Gasteiger partial charge in [-0.15, -0.1) is 0 Å². The van der Waals surface area contributed by atoms with E-state index >= 15 is 0 Å². The number of carboxylic acids is 2. The fourth-order valence-electron chi connectivity index (χ4n) is 3.90. The van der Waals surface area contributed by atoms with Gasteiger partial charge >= 0.3 is 11.9 Å². The molecule has 1 aliphatic heterocycles. The van der Waals surface area contributed by atoms with Crippen molar-refractivity contribution in [2.75, 3.05) is 6.54 Å². The summed E-state index contributed by atoms with van der Waals surface area (Å²) in [5, 5.41) is 42.5. The lowest BCUT2D eigenvalue weighted by Gasteiger charge is -2.29. The Hall–Kier alpha value is -3.71. The number of amides is 3. The number of nitrogens with two attached hydrogens (primary N) is 1. The molecule has 2 rings (SSSR count). The van der Waals surface area contributed by atoms with Gasteiger partial charge in [0.25, 0.3) is 0 Å². The number of rotatable bonds is 12. The average Bonchev–Trinajstić information content (AvgIpc) is 3.30. The van der Waals surface area contributed by atoms with Crippen molar-refractivity contribution >= 4 is 29.7 Å². The molecular weight excluding hydrogens is 476 g/mol. The molecule has 1 fully saturated rings. The Morgan fingerprint density at radius 1 is 1.11 bits per heavy atom. The Morgan fingerprint density at radius 2 is 1.75 bits per heavy atom. The molecule has 0 aliphatic carbocycles. The fourth-order valence-corrected chi connectivity index (χ4v) is 3.90. The second kappa shape index (κ2) is 12.8. The molecule has 36 heavy (non-hydrogen) atoms. The number of hydrogen-bond donors (Lipinski definition) is 7. The summed E-state index contributed by atoms with van der Waals surface area (Å²) in [6.07, 6.45) is -1.15. The van der Waals surface area contributed by atoms with E-state index in [0.717, 1.165) is 0 Å². The number of aliphatic carboxylic acids is 2. The van der Waals surface area contributed by atoms with Gasteiger partial charge in [0.1, 0.15) is 23.9 Å². The molecule has 0 radical (unpaired) electrons. The van der Waals surface area contributed by atoms with Crippen LogP contribution in [-0.4, -0.2) is 91.8 Å². The third-order valence-electron chi connectivity index (χ3n) is 5.88. The molecule has 1 aliphatic rings. The van der Waals surface area contributed by atoms with Gasteiger partial charge < -0.3 is 41.7 Å². The van der Waals surface area contributed by atoms with E-state index in [9.17, 15) is 39.3 Å². The average molecular weight is 509 g/mol. The number of hydrogen-bond acceptors (Lipinski definition) is 8. The summed E-state index contributed by atoms with van der Waals surface area (Å²) in [7, 11) is 0.